The van der Waals surface area contributed by atoms with E-state index in [9.17, 15) is 0 Å². The number of hydrogen-bond donors (Lipinski definition) is 2. The van der Waals surface area contributed by atoms with Crippen molar-refractivity contribution in [3.05, 3.63) is 44.7 Å². The first-order valence-corrected chi connectivity index (χ1v) is 9.00. The minimum absolute atomic E-state index is 0.617. The molecule has 3 aromatic rings. The molecule has 2 aromatic heterocycles. The van der Waals surface area contributed by atoms with Gasteiger partial charge in [0.1, 0.15) is 4.64 Å². The van der Waals surface area contributed by atoms with E-state index in [1.165, 1.54) is 53.6 Å². The van der Waals surface area contributed by atoms with Gasteiger partial charge >= 0.3 is 0 Å². The van der Waals surface area contributed by atoms with Crippen LogP contribution < -0.4 is 5.32 Å². The van der Waals surface area contributed by atoms with E-state index < -0.39 is 0 Å². The van der Waals surface area contributed by atoms with Crippen LogP contribution in [0.5, 0.6) is 0 Å². The van der Waals surface area contributed by atoms with Gasteiger partial charge < -0.3 is 5.32 Å². The number of hydrogen-bond acceptors (Lipinski definition) is 4. The Hall–Kier alpha value is -2.21. The standard InChI is InChI=1S/C18H19N5S/c1-10-8-15(24)23-18(19-10)21-17(22-23)20-16-13-6-2-4-11(13)9-12-5-3-7-14(12)16/h8-9H,2-7H2,1H3,(H2,19,20,21,22). The molecule has 0 saturated carbocycles. The molecule has 122 valence electrons. The summed E-state index contributed by atoms with van der Waals surface area (Å²) in [6.07, 6.45) is 7.20. The quantitative estimate of drug-likeness (QED) is 0.698. The van der Waals surface area contributed by atoms with Crippen molar-refractivity contribution in [2.24, 2.45) is 0 Å². The number of nitrogens with zero attached hydrogens (tertiary/aromatic N) is 3. The Morgan fingerprint density at radius 3 is 2.46 bits per heavy atom. The van der Waals surface area contributed by atoms with E-state index in [2.05, 4.69) is 26.4 Å². The van der Waals surface area contributed by atoms with Crippen LogP contribution in [0, 0.1) is 11.6 Å². The molecule has 6 heteroatoms. The van der Waals surface area contributed by atoms with E-state index in [0.717, 1.165) is 18.5 Å². The summed E-state index contributed by atoms with van der Waals surface area (Å²) in [4.78, 5) is 9.06. The van der Waals surface area contributed by atoms with Gasteiger partial charge in [-0.1, -0.05) is 18.3 Å². The van der Waals surface area contributed by atoms with Crippen molar-refractivity contribution in [3.8, 4) is 0 Å². The highest BCUT2D eigenvalue weighted by Gasteiger charge is 2.24. The van der Waals surface area contributed by atoms with Crippen LogP contribution >= 0.6 is 12.2 Å². The lowest BCUT2D eigenvalue weighted by molar-refractivity contribution is 0.897. The fourth-order valence-electron chi connectivity index (χ4n) is 4.13. The number of benzene rings is 1. The van der Waals surface area contributed by atoms with E-state index in [0.29, 0.717) is 16.4 Å². The van der Waals surface area contributed by atoms with Gasteiger partial charge in [-0.25, -0.2) is 9.50 Å². The topological polar surface area (TPSA) is 58.0 Å². The van der Waals surface area contributed by atoms with Gasteiger partial charge in [-0.3, -0.25) is 5.10 Å². The predicted molar refractivity (Wildman–Crippen MR) is 96.7 cm³/mol. The van der Waals surface area contributed by atoms with Crippen molar-refractivity contribution in [1.29, 1.82) is 0 Å². The number of aromatic nitrogens is 4. The number of rotatable bonds is 2. The molecule has 1 aromatic carbocycles. The summed E-state index contributed by atoms with van der Waals surface area (Å²) in [7, 11) is 0. The summed E-state index contributed by atoms with van der Waals surface area (Å²) >= 11 is 5.40. The molecule has 0 unspecified atom stereocenters. The van der Waals surface area contributed by atoms with Gasteiger partial charge in [0.15, 0.2) is 0 Å². The SMILES string of the molecule is Cc1cc(=S)n2[nH]c(Nc3c4c(cc5c3CCC5)CCC4)nc2n1. The second-order valence-corrected chi connectivity index (χ2v) is 7.22. The maximum Gasteiger partial charge on any atom is 0.253 e. The Bertz CT molecular complexity index is 998. The normalized spacial score (nSPS) is 15.7. The monoisotopic (exact) mass is 337 g/mol. The van der Waals surface area contributed by atoms with Crippen molar-refractivity contribution < 1.29 is 0 Å². The second kappa shape index (κ2) is 5.14. The van der Waals surface area contributed by atoms with Crippen LogP contribution in [0.2, 0.25) is 0 Å². The van der Waals surface area contributed by atoms with Crippen LogP contribution in [-0.4, -0.2) is 19.6 Å². The first-order valence-electron chi connectivity index (χ1n) is 8.59. The summed E-state index contributed by atoms with van der Waals surface area (Å²) in [6, 6.07) is 4.32. The molecule has 0 atom stereocenters. The maximum absolute atomic E-state index is 5.40. The molecule has 0 amide bonds. The minimum atomic E-state index is 0.617. The van der Waals surface area contributed by atoms with Gasteiger partial charge in [0, 0.05) is 11.4 Å². The zero-order valence-corrected chi connectivity index (χ0v) is 14.5. The smallest absolute Gasteiger partial charge is 0.253 e. The van der Waals surface area contributed by atoms with Gasteiger partial charge in [0.25, 0.3) is 5.78 Å². The van der Waals surface area contributed by atoms with Crippen LogP contribution in [0.15, 0.2) is 12.1 Å². The molecule has 0 spiro atoms. The Morgan fingerprint density at radius 1 is 1.04 bits per heavy atom. The van der Waals surface area contributed by atoms with E-state index >= 15 is 0 Å². The van der Waals surface area contributed by atoms with Crippen molar-refractivity contribution >= 4 is 29.6 Å². The summed E-state index contributed by atoms with van der Waals surface area (Å²) in [5.41, 5.74) is 8.15. The van der Waals surface area contributed by atoms with E-state index in [-0.39, 0.29) is 0 Å². The average Bonchev–Trinajstić information content (AvgIpc) is 3.24. The van der Waals surface area contributed by atoms with Crippen LogP contribution in [-0.2, 0) is 25.7 Å². The molecular formula is C18H19N5S. The van der Waals surface area contributed by atoms with Crippen LogP contribution in [0.3, 0.4) is 0 Å². The highest BCUT2D eigenvalue weighted by molar-refractivity contribution is 7.71. The van der Waals surface area contributed by atoms with Gasteiger partial charge in [-0.15, -0.1) is 0 Å². The van der Waals surface area contributed by atoms with Crippen LogP contribution in [0.25, 0.3) is 5.78 Å². The van der Waals surface area contributed by atoms with Crippen LogP contribution in [0.4, 0.5) is 11.6 Å². The molecule has 24 heavy (non-hydrogen) atoms. The molecule has 0 radical (unpaired) electrons. The second-order valence-electron chi connectivity index (χ2n) is 6.80. The molecule has 0 fully saturated rings. The van der Waals surface area contributed by atoms with Crippen molar-refractivity contribution in [2.75, 3.05) is 5.32 Å². The molecule has 2 heterocycles. The Balaban J connectivity index is 1.64. The van der Waals surface area contributed by atoms with Gasteiger partial charge in [-0.05, 0) is 73.8 Å². The molecule has 2 aliphatic rings. The van der Waals surface area contributed by atoms with Crippen molar-refractivity contribution in [3.63, 3.8) is 0 Å². The number of aromatic amines is 1. The van der Waals surface area contributed by atoms with Gasteiger partial charge in [0.2, 0.25) is 5.95 Å². The summed E-state index contributed by atoms with van der Waals surface area (Å²) in [6.45, 7) is 1.94. The third-order valence-corrected chi connectivity index (χ3v) is 5.48. The summed E-state index contributed by atoms with van der Waals surface area (Å²) < 4.78 is 2.45. The number of aryl methyl sites for hydroxylation is 3. The van der Waals surface area contributed by atoms with Crippen molar-refractivity contribution in [2.45, 2.75) is 45.4 Å². The predicted octanol–water partition coefficient (Wildman–Crippen LogP) is 3.82. The Labute approximate surface area is 145 Å². The number of H-pyrrole nitrogens is 1. The first kappa shape index (κ1) is 14.2. The molecule has 0 saturated heterocycles. The fourth-order valence-corrected chi connectivity index (χ4v) is 4.43. The van der Waals surface area contributed by atoms with Crippen molar-refractivity contribution in [1.82, 2.24) is 19.6 Å². The van der Waals surface area contributed by atoms with E-state index in [1.54, 1.807) is 4.52 Å². The molecule has 0 bridgehead atoms. The van der Waals surface area contributed by atoms with E-state index in [1.807, 2.05) is 13.0 Å². The summed E-state index contributed by atoms with van der Waals surface area (Å²) in [5, 5.41) is 6.82. The third-order valence-electron chi connectivity index (χ3n) is 5.18. The molecule has 5 rings (SSSR count). The molecule has 2 aliphatic carbocycles. The molecule has 0 aliphatic heterocycles. The number of anilines is 2. The molecule has 5 nitrogen and oxygen atoms in total. The summed E-state index contributed by atoms with van der Waals surface area (Å²) in [5.74, 6) is 1.33. The fraction of sp³-hybridized carbons (Fsp3) is 0.389. The first-order chi connectivity index (χ1) is 11.7. The van der Waals surface area contributed by atoms with Gasteiger partial charge in [-0.2, -0.15) is 4.98 Å². The molecular weight excluding hydrogens is 318 g/mol. The highest BCUT2D eigenvalue weighted by atomic mass is 32.1. The lowest BCUT2D eigenvalue weighted by Crippen LogP contribution is -2.03. The van der Waals surface area contributed by atoms with E-state index in [4.69, 9.17) is 12.2 Å². The number of nitrogens with one attached hydrogen (secondary N) is 2. The molecule has 2 N–H and O–H groups in total. The lowest BCUT2D eigenvalue weighted by Gasteiger charge is -2.15. The number of fused-ring (bicyclic) bond motifs is 3. The Morgan fingerprint density at radius 2 is 1.75 bits per heavy atom. The third kappa shape index (κ3) is 2.09. The highest BCUT2D eigenvalue weighted by Crippen LogP contribution is 2.39. The zero-order valence-electron chi connectivity index (χ0n) is 13.6. The maximum atomic E-state index is 5.40. The van der Waals surface area contributed by atoms with Crippen LogP contribution in [0.1, 0.15) is 40.8 Å². The zero-order chi connectivity index (χ0) is 16.3. The average molecular weight is 337 g/mol. The lowest BCUT2D eigenvalue weighted by atomic mass is 9.99. The Kier molecular flexibility index (Phi) is 3.03. The largest absolute Gasteiger partial charge is 0.324 e. The van der Waals surface area contributed by atoms with Gasteiger partial charge in [0.05, 0.1) is 0 Å². The minimum Gasteiger partial charge on any atom is -0.324 e.